The Morgan fingerprint density at radius 3 is 2.90 bits per heavy atom. The molecule has 1 saturated carbocycles. The summed E-state index contributed by atoms with van der Waals surface area (Å²) in [6.45, 7) is 0. The molecule has 0 bridgehead atoms. The van der Waals surface area contributed by atoms with E-state index in [1.54, 1.807) is 41.6 Å². The third-order valence-electron chi connectivity index (χ3n) is 4.96. The normalized spacial score (nSPS) is 18.4. The zero-order valence-electron chi connectivity index (χ0n) is 15.3. The van der Waals surface area contributed by atoms with Gasteiger partial charge in [-0.25, -0.2) is 0 Å². The Bertz CT molecular complexity index is 1130. The van der Waals surface area contributed by atoms with Crippen LogP contribution in [0.3, 0.4) is 0 Å². The van der Waals surface area contributed by atoms with Crippen molar-refractivity contribution in [3.05, 3.63) is 60.9 Å². The molecular formula is C20H18N6O3. The van der Waals surface area contributed by atoms with E-state index in [9.17, 15) is 9.90 Å². The van der Waals surface area contributed by atoms with Gasteiger partial charge in [0.25, 0.3) is 5.91 Å². The van der Waals surface area contributed by atoms with Crippen LogP contribution in [0.4, 0.5) is 5.69 Å². The standard InChI is InChI=1S/C20H18N6O3/c27-14-7-13(8-14)26-11-16(19(25-26)15-3-1-2-6-21-15)24-20(28)18-5-4-17(29-18)12-9-22-23-10-12/h1-6,9-11,13-14,27H,7-8H2,(H,22,23)(H,24,28)/t13-,14+. The number of nitrogens with zero attached hydrogens (tertiary/aromatic N) is 4. The molecule has 146 valence electrons. The van der Waals surface area contributed by atoms with Crippen molar-refractivity contribution in [3.8, 4) is 22.7 Å². The van der Waals surface area contributed by atoms with Crippen LogP contribution in [0.1, 0.15) is 29.4 Å². The summed E-state index contributed by atoms with van der Waals surface area (Å²) in [6.07, 6.45) is 7.75. The number of furan rings is 1. The maximum atomic E-state index is 12.8. The SMILES string of the molecule is O=C(Nc1cn([C@H]2C[C@@H](O)C2)nc1-c1ccccn1)c1ccc(-c2cn[nH]c2)o1. The molecule has 1 fully saturated rings. The molecule has 0 saturated heterocycles. The third kappa shape index (κ3) is 3.32. The number of carbonyl (C=O) groups is 1. The Balaban J connectivity index is 1.43. The molecule has 29 heavy (non-hydrogen) atoms. The number of pyridine rings is 1. The van der Waals surface area contributed by atoms with Gasteiger partial charge in [0.2, 0.25) is 0 Å². The van der Waals surface area contributed by atoms with Crippen molar-refractivity contribution in [1.29, 1.82) is 0 Å². The van der Waals surface area contributed by atoms with Gasteiger partial charge in [-0.05, 0) is 37.1 Å². The predicted octanol–water partition coefficient (Wildman–Crippen LogP) is 2.88. The van der Waals surface area contributed by atoms with E-state index in [1.807, 2.05) is 18.2 Å². The molecule has 1 aliphatic carbocycles. The summed E-state index contributed by atoms with van der Waals surface area (Å²) in [6, 6.07) is 8.96. The molecule has 5 rings (SSSR count). The lowest BCUT2D eigenvalue weighted by Gasteiger charge is -2.31. The highest BCUT2D eigenvalue weighted by molar-refractivity contribution is 6.04. The van der Waals surface area contributed by atoms with Gasteiger partial charge in [0.05, 0.1) is 35.3 Å². The van der Waals surface area contributed by atoms with Crippen LogP contribution in [0.5, 0.6) is 0 Å². The van der Waals surface area contributed by atoms with Gasteiger partial charge in [0.15, 0.2) is 5.76 Å². The highest BCUT2D eigenvalue weighted by atomic mass is 16.4. The van der Waals surface area contributed by atoms with Crippen LogP contribution >= 0.6 is 0 Å². The van der Waals surface area contributed by atoms with Crippen LogP contribution in [-0.2, 0) is 0 Å². The Morgan fingerprint density at radius 1 is 1.28 bits per heavy atom. The van der Waals surface area contributed by atoms with E-state index in [-0.39, 0.29) is 23.8 Å². The van der Waals surface area contributed by atoms with Crippen molar-refractivity contribution in [2.75, 3.05) is 5.32 Å². The number of aromatic nitrogens is 5. The summed E-state index contributed by atoms with van der Waals surface area (Å²) < 4.78 is 7.44. The Kier molecular flexibility index (Phi) is 4.21. The molecule has 0 aliphatic heterocycles. The number of nitrogens with one attached hydrogen (secondary N) is 2. The first-order valence-electron chi connectivity index (χ1n) is 9.26. The maximum absolute atomic E-state index is 12.8. The van der Waals surface area contributed by atoms with Crippen LogP contribution in [-0.4, -0.2) is 42.1 Å². The number of aromatic amines is 1. The first kappa shape index (κ1) is 17.4. The largest absolute Gasteiger partial charge is 0.451 e. The van der Waals surface area contributed by atoms with Crippen molar-refractivity contribution in [1.82, 2.24) is 25.0 Å². The van der Waals surface area contributed by atoms with Crippen LogP contribution in [0.15, 0.2) is 59.5 Å². The quantitative estimate of drug-likeness (QED) is 0.482. The molecule has 0 unspecified atom stereocenters. The highest BCUT2D eigenvalue weighted by Gasteiger charge is 2.30. The van der Waals surface area contributed by atoms with E-state index in [0.717, 1.165) is 5.56 Å². The molecule has 3 N–H and O–H groups in total. The zero-order valence-corrected chi connectivity index (χ0v) is 15.3. The average Bonchev–Trinajstić information content (AvgIpc) is 3.45. The lowest BCUT2D eigenvalue weighted by atomic mass is 9.90. The van der Waals surface area contributed by atoms with E-state index in [2.05, 4.69) is 25.6 Å². The summed E-state index contributed by atoms with van der Waals surface area (Å²) in [4.78, 5) is 17.1. The number of rotatable bonds is 5. The highest BCUT2D eigenvalue weighted by Crippen LogP contribution is 2.35. The zero-order chi connectivity index (χ0) is 19.8. The Hall–Kier alpha value is -3.72. The number of carbonyl (C=O) groups excluding carboxylic acids is 1. The molecular weight excluding hydrogens is 372 g/mol. The van der Waals surface area contributed by atoms with E-state index in [0.29, 0.717) is 35.7 Å². The van der Waals surface area contributed by atoms with Gasteiger partial charge in [-0.1, -0.05) is 6.07 Å². The van der Waals surface area contributed by atoms with E-state index in [1.165, 1.54) is 0 Å². The van der Waals surface area contributed by atoms with Crippen LogP contribution in [0.2, 0.25) is 0 Å². The van der Waals surface area contributed by atoms with Gasteiger partial charge in [-0.2, -0.15) is 10.2 Å². The number of hydrogen-bond donors (Lipinski definition) is 3. The van der Waals surface area contributed by atoms with Crippen LogP contribution in [0, 0.1) is 0 Å². The third-order valence-corrected chi connectivity index (χ3v) is 4.96. The smallest absolute Gasteiger partial charge is 0.291 e. The van der Waals surface area contributed by atoms with Crippen molar-refractivity contribution in [2.45, 2.75) is 25.0 Å². The van der Waals surface area contributed by atoms with Crippen molar-refractivity contribution in [3.63, 3.8) is 0 Å². The number of aliphatic hydroxyl groups excluding tert-OH is 1. The summed E-state index contributed by atoms with van der Waals surface area (Å²) in [5, 5.41) is 23.7. The second-order valence-electron chi connectivity index (χ2n) is 6.97. The number of anilines is 1. The predicted molar refractivity (Wildman–Crippen MR) is 104 cm³/mol. The fourth-order valence-electron chi connectivity index (χ4n) is 3.32. The Labute approximate surface area is 165 Å². The summed E-state index contributed by atoms with van der Waals surface area (Å²) in [5.41, 5.74) is 2.52. The van der Waals surface area contributed by atoms with Crippen LogP contribution < -0.4 is 5.32 Å². The molecule has 0 spiro atoms. The lowest BCUT2D eigenvalue weighted by Crippen LogP contribution is -2.31. The minimum atomic E-state index is -0.384. The van der Waals surface area contributed by atoms with Crippen molar-refractivity contribution < 1.29 is 14.3 Å². The van der Waals surface area contributed by atoms with Gasteiger partial charge >= 0.3 is 0 Å². The second kappa shape index (κ2) is 7.02. The maximum Gasteiger partial charge on any atom is 0.291 e. The van der Waals surface area contributed by atoms with E-state index < -0.39 is 0 Å². The minimum Gasteiger partial charge on any atom is -0.451 e. The molecule has 4 aromatic rings. The van der Waals surface area contributed by atoms with Gasteiger partial charge in [-0.15, -0.1) is 0 Å². The van der Waals surface area contributed by atoms with Crippen LogP contribution in [0.25, 0.3) is 22.7 Å². The molecule has 0 radical (unpaired) electrons. The van der Waals surface area contributed by atoms with Crippen molar-refractivity contribution in [2.24, 2.45) is 0 Å². The van der Waals surface area contributed by atoms with Crippen molar-refractivity contribution >= 4 is 11.6 Å². The van der Waals surface area contributed by atoms with Gasteiger partial charge in [-0.3, -0.25) is 19.6 Å². The minimum absolute atomic E-state index is 0.106. The fourth-order valence-corrected chi connectivity index (χ4v) is 3.32. The summed E-state index contributed by atoms with van der Waals surface area (Å²) >= 11 is 0. The monoisotopic (exact) mass is 390 g/mol. The number of hydrogen-bond acceptors (Lipinski definition) is 6. The lowest BCUT2D eigenvalue weighted by molar-refractivity contribution is 0.0435. The molecule has 4 heterocycles. The first-order chi connectivity index (χ1) is 14.2. The summed E-state index contributed by atoms with van der Waals surface area (Å²) in [7, 11) is 0. The van der Waals surface area contributed by atoms with Gasteiger partial charge in [0.1, 0.15) is 11.5 Å². The molecule has 0 atom stereocenters. The number of aliphatic hydroxyl groups is 1. The molecule has 0 aromatic carbocycles. The van der Waals surface area contributed by atoms with Gasteiger partial charge in [0, 0.05) is 18.6 Å². The van der Waals surface area contributed by atoms with E-state index >= 15 is 0 Å². The Morgan fingerprint density at radius 2 is 2.17 bits per heavy atom. The van der Waals surface area contributed by atoms with Gasteiger partial charge < -0.3 is 14.8 Å². The molecule has 1 amide bonds. The topological polar surface area (TPSA) is 122 Å². The molecule has 1 aliphatic rings. The molecule has 9 heteroatoms. The number of amides is 1. The molecule has 9 nitrogen and oxygen atoms in total. The average molecular weight is 390 g/mol. The number of H-pyrrole nitrogens is 1. The fraction of sp³-hybridized carbons (Fsp3) is 0.200. The van der Waals surface area contributed by atoms with E-state index in [4.69, 9.17) is 4.42 Å². The molecule has 4 aromatic heterocycles. The second-order valence-corrected chi connectivity index (χ2v) is 6.97. The first-order valence-corrected chi connectivity index (χ1v) is 9.26. The summed E-state index contributed by atoms with van der Waals surface area (Å²) in [5.74, 6) is 0.345.